The Morgan fingerprint density at radius 1 is 1.06 bits per heavy atom. The molecular weight excluding hydrogens is 648 g/mol. The number of alkyl halides is 3. The van der Waals surface area contributed by atoms with Crippen LogP contribution < -0.4 is 19.7 Å². The van der Waals surface area contributed by atoms with E-state index in [1.807, 2.05) is 4.90 Å². The molecule has 4 fully saturated rings. The van der Waals surface area contributed by atoms with Gasteiger partial charge in [0, 0.05) is 49.1 Å². The van der Waals surface area contributed by atoms with Crippen LogP contribution in [0.25, 0.3) is 32.8 Å². The normalized spacial score (nSPS) is 25.0. The number of rotatable bonds is 7. The summed E-state index contributed by atoms with van der Waals surface area (Å²) in [4.78, 5) is 13.3. The predicted molar refractivity (Wildman–Crippen MR) is 172 cm³/mol. The summed E-state index contributed by atoms with van der Waals surface area (Å²) in [6.45, 7) is 0.448. The monoisotopic (exact) mass is 681 g/mol. The second-order valence-electron chi connectivity index (χ2n) is 13.6. The van der Waals surface area contributed by atoms with E-state index in [1.165, 1.54) is 19.1 Å². The molecule has 0 spiro atoms. The molecule has 2 unspecified atom stereocenters. The third kappa shape index (κ3) is 5.31. The minimum atomic E-state index is -3.24. The molecule has 13 heteroatoms. The van der Waals surface area contributed by atoms with Crippen LogP contribution in [0.5, 0.6) is 11.8 Å². The number of anilines is 1. The van der Waals surface area contributed by atoms with Crippen LogP contribution in [0.15, 0.2) is 24.3 Å². The number of terminal acetylenes is 1. The SMILES string of the molecule is C#Cc1c(F)ccc2cc(OC(F)F)cc(-c3c(F)c(C)c4c(N5CC6CCC(C5)N6)nc(OC[C@@]56CCCN5C[C@H](F)C6)nc4c3F)c12. The van der Waals surface area contributed by atoms with Crippen molar-refractivity contribution < 1.29 is 35.8 Å². The van der Waals surface area contributed by atoms with Gasteiger partial charge in [0.25, 0.3) is 0 Å². The Labute approximate surface area is 278 Å². The molecule has 4 aliphatic rings. The summed E-state index contributed by atoms with van der Waals surface area (Å²) in [6, 6.07) is 4.73. The van der Waals surface area contributed by atoms with Crippen molar-refractivity contribution in [2.24, 2.45) is 0 Å². The summed E-state index contributed by atoms with van der Waals surface area (Å²) in [5.74, 6) is -0.817. The number of piperazine rings is 1. The first kappa shape index (κ1) is 32.0. The lowest BCUT2D eigenvalue weighted by Gasteiger charge is -2.35. The fraction of sp³-hybridized carbons (Fsp3) is 0.444. The minimum absolute atomic E-state index is 0.00227. The molecule has 4 atom stereocenters. The van der Waals surface area contributed by atoms with Crippen LogP contribution >= 0.6 is 0 Å². The van der Waals surface area contributed by atoms with Crippen molar-refractivity contribution in [1.82, 2.24) is 20.2 Å². The molecule has 4 saturated heterocycles. The van der Waals surface area contributed by atoms with Gasteiger partial charge in [-0.3, -0.25) is 4.90 Å². The van der Waals surface area contributed by atoms with Gasteiger partial charge in [-0.2, -0.15) is 18.7 Å². The van der Waals surface area contributed by atoms with E-state index in [2.05, 4.69) is 25.9 Å². The summed E-state index contributed by atoms with van der Waals surface area (Å²) in [6.07, 6.45) is 8.48. The summed E-state index contributed by atoms with van der Waals surface area (Å²) >= 11 is 0. The first-order valence-electron chi connectivity index (χ1n) is 16.5. The van der Waals surface area contributed by atoms with Crippen LogP contribution in [-0.2, 0) is 0 Å². The maximum Gasteiger partial charge on any atom is 0.387 e. The molecule has 2 bridgehead atoms. The number of hydrogen-bond donors (Lipinski definition) is 1. The average molecular weight is 682 g/mol. The lowest BCUT2D eigenvalue weighted by atomic mass is 9.91. The fourth-order valence-corrected chi connectivity index (χ4v) is 8.51. The first-order chi connectivity index (χ1) is 23.5. The number of nitrogens with one attached hydrogen (secondary N) is 1. The molecule has 3 aromatic carbocycles. The topological polar surface area (TPSA) is 62.8 Å². The maximum absolute atomic E-state index is 17.1. The summed E-state index contributed by atoms with van der Waals surface area (Å²) < 4.78 is 101. The highest BCUT2D eigenvalue weighted by atomic mass is 19.3. The van der Waals surface area contributed by atoms with Crippen LogP contribution in [0.4, 0.5) is 32.2 Å². The van der Waals surface area contributed by atoms with E-state index < -0.39 is 47.1 Å². The van der Waals surface area contributed by atoms with Gasteiger partial charge in [-0.1, -0.05) is 12.0 Å². The second-order valence-corrected chi connectivity index (χ2v) is 13.6. The molecular formula is C36H33F6N5O2. The number of aryl methyl sites for hydroxylation is 1. The van der Waals surface area contributed by atoms with Crippen molar-refractivity contribution in [2.45, 2.75) is 69.4 Å². The molecule has 4 aliphatic heterocycles. The lowest BCUT2D eigenvalue weighted by molar-refractivity contribution is -0.0497. The standard InChI is InChI=1S/C36H33F6N5O2/c1-3-24-26(38)8-5-19-11-23(49-34(41)42)12-25(28(19)24)29-30(39)18(2)27-32(31(29)40)44-35(45-33(27)46-15-21-6-7-22(16-46)43-21)48-17-36-9-4-10-47(36)14-20(37)13-36/h1,5,8,11-12,20-22,34,43H,4,6-7,9-10,13-17H2,2H3/t20-,21?,22?,36+/m1/s1. The Kier molecular flexibility index (Phi) is 7.79. The molecule has 1 N–H and O–H groups in total. The van der Waals surface area contributed by atoms with Gasteiger partial charge in [-0.25, -0.2) is 17.6 Å². The molecule has 5 heterocycles. The maximum atomic E-state index is 17.1. The second kappa shape index (κ2) is 11.9. The summed E-state index contributed by atoms with van der Waals surface area (Å²) in [5, 5.41) is 3.77. The number of halogens is 6. The zero-order valence-corrected chi connectivity index (χ0v) is 26.6. The largest absolute Gasteiger partial charge is 0.461 e. The van der Waals surface area contributed by atoms with Gasteiger partial charge in [0.1, 0.15) is 41.5 Å². The molecule has 49 heavy (non-hydrogen) atoms. The quantitative estimate of drug-likeness (QED) is 0.173. The van der Waals surface area contributed by atoms with Gasteiger partial charge >= 0.3 is 12.6 Å². The van der Waals surface area contributed by atoms with Crippen molar-refractivity contribution in [3.63, 3.8) is 0 Å². The van der Waals surface area contributed by atoms with Crippen LogP contribution in [0.2, 0.25) is 0 Å². The van der Waals surface area contributed by atoms with Gasteiger partial charge in [0.15, 0.2) is 5.82 Å². The van der Waals surface area contributed by atoms with Crippen molar-refractivity contribution in [1.29, 1.82) is 0 Å². The molecule has 7 nitrogen and oxygen atoms in total. The number of benzene rings is 3. The van der Waals surface area contributed by atoms with Crippen LogP contribution in [-0.4, -0.2) is 78.1 Å². The fourth-order valence-electron chi connectivity index (χ4n) is 8.51. The predicted octanol–water partition coefficient (Wildman–Crippen LogP) is 6.65. The molecule has 8 rings (SSSR count). The number of ether oxygens (including phenoxy) is 2. The zero-order chi connectivity index (χ0) is 34.2. The molecule has 1 aromatic heterocycles. The Bertz CT molecular complexity index is 2030. The van der Waals surface area contributed by atoms with E-state index >= 15 is 13.2 Å². The van der Waals surface area contributed by atoms with Gasteiger partial charge in [0.2, 0.25) is 0 Å². The highest BCUT2D eigenvalue weighted by Gasteiger charge is 2.49. The molecule has 256 valence electrons. The van der Waals surface area contributed by atoms with E-state index in [0.717, 1.165) is 44.4 Å². The van der Waals surface area contributed by atoms with Crippen molar-refractivity contribution in [2.75, 3.05) is 37.7 Å². The highest BCUT2D eigenvalue weighted by molar-refractivity contribution is 6.05. The van der Waals surface area contributed by atoms with Crippen LogP contribution in [0.3, 0.4) is 0 Å². The van der Waals surface area contributed by atoms with Gasteiger partial charge in [0.05, 0.1) is 22.1 Å². The van der Waals surface area contributed by atoms with E-state index in [4.69, 9.17) is 16.1 Å². The highest BCUT2D eigenvalue weighted by Crippen LogP contribution is 2.45. The summed E-state index contributed by atoms with van der Waals surface area (Å²) in [5.41, 5.74) is -1.99. The van der Waals surface area contributed by atoms with Crippen LogP contribution in [0.1, 0.15) is 43.2 Å². The van der Waals surface area contributed by atoms with Crippen LogP contribution in [0, 0.1) is 36.7 Å². The van der Waals surface area contributed by atoms with Crippen molar-refractivity contribution >= 4 is 27.5 Å². The van der Waals surface area contributed by atoms with Crippen molar-refractivity contribution in [3.8, 4) is 35.2 Å². The Morgan fingerprint density at radius 3 is 2.57 bits per heavy atom. The Morgan fingerprint density at radius 2 is 1.84 bits per heavy atom. The number of fused-ring (bicyclic) bond motifs is 5. The van der Waals surface area contributed by atoms with Gasteiger partial charge in [-0.15, -0.1) is 6.42 Å². The Balaban J connectivity index is 1.34. The smallest absolute Gasteiger partial charge is 0.387 e. The van der Waals surface area contributed by atoms with E-state index in [1.54, 1.807) is 0 Å². The van der Waals surface area contributed by atoms with E-state index in [9.17, 15) is 13.2 Å². The Hall–Kier alpha value is -4.28. The molecule has 0 amide bonds. The van der Waals surface area contributed by atoms with Crippen molar-refractivity contribution in [3.05, 3.63) is 52.8 Å². The van der Waals surface area contributed by atoms with E-state index in [0.29, 0.717) is 31.9 Å². The molecule has 0 radical (unpaired) electrons. The molecule has 0 aliphatic carbocycles. The van der Waals surface area contributed by atoms with E-state index in [-0.39, 0.29) is 63.1 Å². The number of aromatic nitrogens is 2. The number of hydrogen-bond acceptors (Lipinski definition) is 7. The third-order valence-electron chi connectivity index (χ3n) is 10.6. The minimum Gasteiger partial charge on any atom is -0.461 e. The molecule has 0 saturated carbocycles. The first-order valence-corrected chi connectivity index (χ1v) is 16.5. The van der Waals surface area contributed by atoms with Gasteiger partial charge in [-0.05, 0) is 68.3 Å². The lowest BCUT2D eigenvalue weighted by Crippen LogP contribution is -2.51. The molecule has 4 aromatic rings. The third-order valence-corrected chi connectivity index (χ3v) is 10.6. The van der Waals surface area contributed by atoms with Gasteiger partial charge < -0.3 is 19.7 Å². The summed E-state index contributed by atoms with van der Waals surface area (Å²) in [7, 11) is 0. The average Bonchev–Trinajstić information content (AvgIpc) is 3.72. The number of nitrogens with zero attached hydrogens (tertiary/aromatic N) is 4. The zero-order valence-electron chi connectivity index (χ0n) is 26.6.